The van der Waals surface area contributed by atoms with Crippen molar-refractivity contribution < 1.29 is 14.6 Å². The summed E-state index contributed by atoms with van der Waals surface area (Å²) >= 11 is 0. The van der Waals surface area contributed by atoms with Crippen LogP contribution < -0.4 is 15.4 Å². The highest BCUT2D eigenvalue weighted by Crippen LogP contribution is 2.29. The molecule has 2 rings (SSSR count). The van der Waals surface area contributed by atoms with Gasteiger partial charge >= 0.3 is 0 Å². The number of anilines is 1. The van der Waals surface area contributed by atoms with Crippen LogP contribution in [0.5, 0.6) is 5.75 Å². The van der Waals surface area contributed by atoms with Gasteiger partial charge < -0.3 is 20.5 Å². The highest BCUT2D eigenvalue weighted by molar-refractivity contribution is 5.96. The molecule has 3 N–H and O–H groups in total. The van der Waals surface area contributed by atoms with Crippen molar-refractivity contribution in [3.8, 4) is 5.75 Å². The fourth-order valence-corrected chi connectivity index (χ4v) is 2.41. The molecule has 0 bridgehead atoms. The van der Waals surface area contributed by atoms with E-state index in [1.54, 1.807) is 7.11 Å². The third kappa shape index (κ3) is 2.88. The van der Waals surface area contributed by atoms with E-state index in [2.05, 4.69) is 10.6 Å². The summed E-state index contributed by atoms with van der Waals surface area (Å²) in [6, 6.07) is 3.45. The van der Waals surface area contributed by atoms with Crippen molar-refractivity contribution in [3.05, 3.63) is 23.3 Å². The normalized spacial score (nSPS) is 22.3. The van der Waals surface area contributed by atoms with Crippen LogP contribution in [-0.4, -0.2) is 36.8 Å². The first-order chi connectivity index (χ1) is 9.02. The molecule has 1 aromatic carbocycles. The van der Waals surface area contributed by atoms with E-state index in [1.165, 1.54) is 0 Å². The molecule has 1 aliphatic heterocycles. The molecular formula is C14H20N2O3. The SMILES string of the molecule is COc1c(C)ccc(NC(=O)C2CC(O)CN2)c1C. The molecule has 1 aliphatic rings. The first-order valence-electron chi connectivity index (χ1n) is 6.39. The largest absolute Gasteiger partial charge is 0.496 e. The molecule has 0 radical (unpaired) electrons. The van der Waals surface area contributed by atoms with Crippen LogP contribution in [0.3, 0.4) is 0 Å². The van der Waals surface area contributed by atoms with E-state index in [4.69, 9.17) is 4.74 Å². The second-order valence-electron chi connectivity index (χ2n) is 4.93. The van der Waals surface area contributed by atoms with Crippen molar-refractivity contribution in [2.75, 3.05) is 19.0 Å². The van der Waals surface area contributed by atoms with E-state index in [0.29, 0.717) is 13.0 Å². The molecule has 5 heteroatoms. The van der Waals surface area contributed by atoms with Gasteiger partial charge in [-0.15, -0.1) is 0 Å². The number of carbonyl (C=O) groups is 1. The third-order valence-corrected chi connectivity index (χ3v) is 3.49. The minimum absolute atomic E-state index is 0.120. The Labute approximate surface area is 113 Å². The lowest BCUT2D eigenvalue weighted by Gasteiger charge is -2.16. The minimum atomic E-state index is -0.440. The van der Waals surface area contributed by atoms with E-state index >= 15 is 0 Å². The zero-order chi connectivity index (χ0) is 14.0. The first kappa shape index (κ1) is 13.8. The van der Waals surface area contributed by atoms with E-state index in [-0.39, 0.29) is 11.9 Å². The van der Waals surface area contributed by atoms with Crippen LogP contribution in [0.25, 0.3) is 0 Å². The quantitative estimate of drug-likeness (QED) is 0.761. The van der Waals surface area contributed by atoms with Gasteiger partial charge in [0.1, 0.15) is 5.75 Å². The fourth-order valence-electron chi connectivity index (χ4n) is 2.41. The zero-order valence-corrected chi connectivity index (χ0v) is 11.5. The minimum Gasteiger partial charge on any atom is -0.496 e. The average molecular weight is 264 g/mol. The lowest BCUT2D eigenvalue weighted by atomic mass is 10.1. The second kappa shape index (κ2) is 5.59. The maximum Gasteiger partial charge on any atom is 0.241 e. The predicted molar refractivity (Wildman–Crippen MR) is 73.5 cm³/mol. The van der Waals surface area contributed by atoms with Gasteiger partial charge in [0.25, 0.3) is 0 Å². The van der Waals surface area contributed by atoms with Crippen LogP contribution in [0, 0.1) is 13.8 Å². The summed E-state index contributed by atoms with van der Waals surface area (Å²) in [4.78, 5) is 12.1. The van der Waals surface area contributed by atoms with Crippen LogP contribution in [0.2, 0.25) is 0 Å². The highest BCUT2D eigenvalue weighted by Gasteiger charge is 2.28. The Morgan fingerprint density at radius 1 is 1.47 bits per heavy atom. The number of rotatable bonds is 3. The van der Waals surface area contributed by atoms with Gasteiger partial charge in [-0.3, -0.25) is 4.79 Å². The third-order valence-electron chi connectivity index (χ3n) is 3.49. The summed E-state index contributed by atoms with van der Waals surface area (Å²) in [6.45, 7) is 4.35. The van der Waals surface area contributed by atoms with Gasteiger partial charge in [-0.1, -0.05) is 6.07 Å². The Hall–Kier alpha value is -1.59. The number of hydrogen-bond donors (Lipinski definition) is 3. The number of amides is 1. The molecule has 0 saturated carbocycles. The van der Waals surface area contributed by atoms with E-state index in [1.807, 2.05) is 26.0 Å². The smallest absolute Gasteiger partial charge is 0.241 e. The summed E-state index contributed by atoms with van der Waals surface area (Å²) in [7, 11) is 1.62. The maximum absolute atomic E-state index is 12.1. The van der Waals surface area contributed by atoms with E-state index < -0.39 is 6.10 Å². The zero-order valence-electron chi connectivity index (χ0n) is 11.5. The highest BCUT2D eigenvalue weighted by atomic mass is 16.5. The summed E-state index contributed by atoms with van der Waals surface area (Å²) in [6.07, 6.45) is 0.0119. The Morgan fingerprint density at radius 2 is 2.21 bits per heavy atom. The molecule has 1 aromatic rings. The van der Waals surface area contributed by atoms with Crippen LogP contribution in [0.1, 0.15) is 17.5 Å². The molecule has 1 heterocycles. The average Bonchev–Trinajstić information content (AvgIpc) is 2.80. The molecule has 1 saturated heterocycles. The van der Waals surface area contributed by atoms with Crippen molar-refractivity contribution in [2.24, 2.45) is 0 Å². The number of carbonyl (C=O) groups excluding carboxylic acids is 1. The van der Waals surface area contributed by atoms with Crippen LogP contribution in [-0.2, 0) is 4.79 Å². The number of aliphatic hydroxyl groups is 1. The Morgan fingerprint density at radius 3 is 2.79 bits per heavy atom. The summed E-state index contributed by atoms with van der Waals surface area (Å²) in [5.74, 6) is 0.669. The molecule has 19 heavy (non-hydrogen) atoms. The van der Waals surface area contributed by atoms with Gasteiger partial charge in [0.2, 0.25) is 5.91 Å². The van der Waals surface area contributed by atoms with Crippen molar-refractivity contribution in [2.45, 2.75) is 32.4 Å². The number of β-amino-alcohol motifs (C(OH)–C–C–N with tert-alkyl or cyclic N) is 1. The van der Waals surface area contributed by atoms with E-state index in [9.17, 15) is 9.90 Å². The molecule has 0 spiro atoms. The number of hydrogen-bond acceptors (Lipinski definition) is 4. The summed E-state index contributed by atoms with van der Waals surface area (Å²) < 4.78 is 5.33. The maximum atomic E-state index is 12.1. The molecule has 1 fully saturated rings. The molecule has 0 aromatic heterocycles. The number of ether oxygens (including phenoxy) is 1. The molecule has 0 aliphatic carbocycles. The number of aliphatic hydroxyl groups excluding tert-OH is 1. The van der Waals surface area contributed by atoms with Crippen molar-refractivity contribution in [3.63, 3.8) is 0 Å². The Kier molecular flexibility index (Phi) is 4.07. The van der Waals surface area contributed by atoms with Gasteiger partial charge in [-0.25, -0.2) is 0 Å². The summed E-state index contributed by atoms with van der Waals surface area (Å²) in [5, 5.41) is 15.3. The predicted octanol–water partition coefficient (Wildman–Crippen LogP) is 0.973. The van der Waals surface area contributed by atoms with E-state index in [0.717, 1.165) is 22.6 Å². The number of aryl methyl sites for hydroxylation is 1. The van der Waals surface area contributed by atoms with Crippen molar-refractivity contribution >= 4 is 11.6 Å². The molecular weight excluding hydrogens is 244 g/mol. The number of methoxy groups -OCH3 is 1. The van der Waals surface area contributed by atoms with Gasteiger partial charge in [-0.2, -0.15) is 0 Å². The number of benzene rings is 1. The first-order valence-corrected chi connectivity index (χ1v) is 6.39. The van der Waals surface area contributed by atoms with Crippen molar-refractivity contribution in [1.82, 2.24) is 5.32 Å². The van der Waals surface area contributed by atoms with Crippen molar-refractivity contribution in [1.29, 1.82) is 0 Å². The summed E-state index contributed by atoms with van der Waals surface area (Å²) in [5.41, 5.74) is 2.69. The lowest BCUT2D eigenvalue weighted by Crippen LogP contribution is -2.35. The standard InChI is InChI=1S/C14H20N2O3/c1-8-4-5-11(9(2)13(8)19-3)16-14(18)12-6-10(17)7-15-12/h4-5,10,12,15,17H,6-7H2,1-3H3,(H,16,18). The van der Waals surface area contributed by atoms with Crippen LogP contribution in [0.15, 0.2) is 12.1 Å². The van der Waals surface area contributed by atoms with Gasteiger partial charge in [0, 0.05) is 17.8 Å². The van der Waals surface area contributed by atoms with Gasteiger partial charge in [0.15, 0.2) is 0 Å². The Bertz CT molecular complexity index is 488. The molecule has 104 valence electrons. The van der Waals surface area contributed by atoms with Gasteiger partial charge in [0.05, 0.1) is 19.3 Å². The van der Waals surface area contributed by atoms with Crippen LogP contribution in [0.4, 0.5) is 5.69 Å². The topological polar surface area (TPSA) is 70.6 Å². The molecule has 2 atom stereocenters. The lowest BCUT2D eigenvalue weighted by molar-refractivity contribution is -0.117. The van der Waals surface area contributed by atoms with Gasteiger partial charge in [-0.05, 0) is 31.9 Å². The Balaban J connectivity index is 2.13. The monoisotopic (exact) mass is 264 g/mol. The van der Waals surface area contributed by atoms with Crippen LogP contribution >= 0.6 is 0 Å². The second-order valence-corrected chi connectivity index (χ2v) is 4.93. The molecule has 5 nitrogen and oxygen atoms in total. The fraction of sp³-hybridized carbons (Fsp3) is 0.500. The molecule has 1 amide bonds. The number of nitrogens with one attached hydrogen (secondary N) is 2. The molecule has 2 unspecified atom stereocenters.